The highest BCUT2D eigenvalue weighted by atomic mass is 16.6. The number of nitrogens with one attached hydrogen (secondary N) is 1. The third-order valence-electron chi connectivity index (χ3n) is 2.56. The SMILES string of the molecule is COC(=O)C1CN(C(=O)c2cn[nH]c2)CCO1. The molecule has 0 saturated carbocycles. The Kier molecular flexibility index (Phi) is 3.38. The summed E-state index contributed by atoms with van der Waals surface area (Å²) in [7, 11) is 1.29. The Labute approximate surface area is 97.7 Å². The molecule has 1 unspecified atom stereocenters. The van der Waals surface area contributed by atoms with Crippen molar-refractivity contribution in [3.05, 3.63) is 18.0 Å². The van der Waals surface area contributed by atoms with Crippen molar-refractivity contribution in [3.63, 3.8) is 0 Å². The summed E-state index contributed by atoms with van der Waals surface area (Å²) in [6, 6.07) is 0. The lowest BCUT2D eigenvalue weighted by Crippen LogP contribution is -2.48. The molecule has 2 heterocycles. The molecule has 0 aromatic carbocycles. The molecule has 1 amide bonds. The Morgan fingerprint density at radius 2 is 2.47 bits per heavy atom. The van der Waals surface area contributed by atoms with Crippen LogP contribution in [0.15, 0.2) is 12.4 Å². The van der Waals surface area contributed by atoms with E-state index in [9.17, 15) is 9.59 Å². The van der Waals surface area contributed by atoms with Crippen LogP contribution in [0.5, 0.6) is 0 Å². The van der Waals surface area contributed by atoms with E-state index < -0.39 is 12.1 Å². The topological polar surface area (TPSA) is 84.5 Å². The van der Waals surface area contributed by atoms with Crippen LogP contribution in [-0.2, 0) is 14.3 Å². The Bertz CT molecular complexity index is 404. The summed E-state index contributed by atoms with van der Waals surface area (Å²) in [5.74, 6) is -0.634. The number of amides is 1. The van der Waals surface area contributed by atoms with Crippen molar-refractivity contribution < 1.29 is 19.1 Å². The number of nitrogens with zero attached hydrogens (tertiary/aromatic N) is 2. The van der Waals surface area contributed by atoms with Gasteiger partial charge in [0.25, 0.3) is 5.91 Å². The van der Waals surface area contributed by atoms with Crippen molar-refractivity contribution in [2.75, 3.05) is 26.8 Å². The summed E-state index contributed by atoms with van der Waals surface area (Å²) >= 11 is 0. The largest absolute Gasteiger partial charge is 0.467 e. The average molecular weight is 239 g/mol. The molecular weight excluding hydrogens is 226 g/mol. The van der Waals surface area contributed by atoms with E-state index in [1.165, 1.54) is 19.5 Å². The lowest BCUT2D eigenvalue weighted by atomic mass is 10.2. The first-order valence-corrected chi connectivity index (χ1v) is 5.20. The summed E-state index contributed by atoms with van der Waals surface area (Å²) in [4.78, 5) is 24.8. The number of rotatable bonds is 2. The molecule has 0 bridgehead atoms. The van der Waals surface area contributed by atoms with Gasteiger partial charge in [-0.25, -0.2) is 4.79 Å². The summed E-state index contributed by atoms with van der Waals surface area (Å²) in [5, 5.41) is 6.29. The van der Waals surface area contributed by atoms with Crippen LogP contribution in [0.1, 0.15) is 10.4 Å². The maximum absolute atomic E-state index is 12.0. The van der Waals surface area contributed by atoms with Gasteiger partial charge in [0.05, 0.1) is 32.0 Å². The Morgan fingerprint density at radius 3 is 3.12 bits per heavy atom. The Hall–Kier alpha value is -1.89. The van der Waals surface area contributed by atoms with Gasteiger partial charge >= 0.3 is 5.97 Å². The zero-order valence-electron chi connectivity index (χ0n) is 9.38. The third kappa shape index (κ3) is 2.44. The van der Waals surface area contributed by atoms with E-state index in [0.717, 1.165) is 0 Å². The molecule has 1 aliphatic heterocycles. The van der Waals surface area contributed by atoms with E-state index in [1.807, 2.05) is 0 Å². The molecule has 0 spiro atoms. The van der Waals surface area contributed by atoms with Gasteiger partial charge in [-0.05, 0) is 0 Å². The second-order valence-corrected chi connectivity index (χ2v) is 3.62. The number of morpholine rings is 1. The van der Waals surface area contributed by atoms with Crippen LogP contribution in [-0.4, -0.2) is 59.9 Å². The van der Waals surface area contributed by atoms with Crippen LogP contribution in [0.25, 0.3) is 0 Å². The van der Waals surface area contributed by atoms with E-state index in [4.69, 9.17) is 4.74 Å². The van der Waals surface area contributed by atoms with Gasteiger partial charge in [0.2, 0.25) is 0 Å². The molecule has 0 aliphatic carbocycles. The first-order chi connectivity index (χ1) is 8.22. The summed E-state index contributed by atoms with van der Waals surface area (Å²) in [6.45, 7) is 0.984. The van der Waals surface area contributed by atoms with E-state index in [-0.39, 0.29) is 12.5 Å². The van der Waals surface area contributed by atoms with Crippen molar-refractivity contribution >= 4 is 11.9 Å². The highest BCUT2D eigenvalue weighted by molar-refractivity contribution is 5.94. The Balaban J connectivity index is 2.02. The second kappa shape index (κ2) is 4.96. The molecule has 92 valence electrons. The number of aromatic nitrogens is 2. The van der Waals surface area contributed by atoms with Crippen LogP contribution < -0.4 is 0 Å². The molecule has 1 atom stereocenters. The predicted octanol–water partition coefficient (Wildman–Crippen LogP) is -0.576. The quantitative estimate of drug-likeness (QED) is 0.698. The highest BCUT2D eigenvalue weighted by Crippen LogP contribution is 2.10. The second-order valence-electron chi connectivity index (χ2n) is 3.62. The van der Waals surface area contributed by atoms with Crippen molar-refractivity contribution in [1.82, 2.24) is 15.1 Å². The molecule has 2 rings (SSSR count). The zero-order valence-corrected chi connectivity index (χ0v) is 9.38. The highest BCUT2D eigenvalue weighted by Gasteiger charge is 2.30. The number of aromatic amines is 1. The van der Waals surface area contributed by atoms with Crippen molar-refractivity contribution in [3.8, 4) is 0 Å². The molecule has 0 radical (unpaired) electrons. The lowest BCUT2D eigenvalue weighted by Gasteiger charge is -2.31. The minimum atomic E-state index is -0.704. The first-order valence-electron chi connectivity index (χ1n) is 5.20. The average Bonchev–Trinajstić information content (AvgIpc) is 2.91. The summed E-state index contributed by atoms with van der Waals surface area (Å²) < 4.78 is 9.82. The molecule has 1 saturated heterocycles. The number of hydrogen-bond donors (Lipinski definition) is 1. The predicted molar refractivity (Wildman–Crippen MR) is 56.2 cm³/mol. The molecular formula is C10H13N3O4. The van der Waals surface area contributed by atoms with E-state index in [2.05, 4.69) is 14.9 Å². The number of H-pyrrole nitrogens is 1. The smallest absolute Gasteiger partial charge is 0.336 e. The minimum absolute atomic E-state index is 0.170. The number of hydrogen-bond acceptors (Lipinski definition) is 5. The van der Waals surface area contributed by atoms with Gasteiger partial charge in [-0.3, -0.25) is 9.89 Å². The molecule has 7 nitrogen and oxygen atoms in total. The number of ether oxygens (including phenoxy) is 2. The molecule has 7 heteroatoms. The fourth-order valence-electron chi connectivity index (χ4n) is 1.66. The van der Waals surface area contributed by atoms with Crippen molar-refractivity contribution in [2.45, 2.75) is 6.10 Å². The maximum Gasteiger partial charge on any atom is 0.336 e. The maximum atomic E-state index is 12.0. The molecule has 1 aliphatic rings. The van der Waals surface area contributed by atoms with Crippen LogP contribution in [0, 0.1) is 0 Å². The van der Waals surface area contributed by atoms with Gasteiger partial charge in [-0.15, -0.1) is 0 Å². The van der Waals surface area contributed by atoms with Crippen molar-refractivity contribution in [2.24, 2.45) is 0 Å². The minimum Gasteiger partial charge on any atom is -0.467 e. The number of carbonyl (C=O) groups is 2. The van der Waals surface area contributed by atoms with Gasteiger partial charge in [-0.2, -0.15) is 5.10 Å². The molecule has 1 aromatic heterocycles. The number of methoxy groups -OCH3 is 1. The normalized spacial score (nSPS) is 20.1. The van der Waals surface area contributed by atoms with E-state index >= 15 is 0 Å². The summed E-state index contributed by atoms with van der Waals surface area (Å²) in [5.41, 5.74) is 0.468. The van der Waals surface area contributed by atoms with Gasteiger partial charge in [0.15, 0.2) is 6.10 Å². The van der Waals surface area contributed by atoms with Gasteiger partial charge in [0, 0.05) is 12.7 Å². The van der Waals surface area contributed by atoms with Crippen LogP contribution in [0.3, 0.4) is 0 Å². The van der Waals surface area contributed by atoms with E-state index in [1.54, 1.807) is 4.90 Å². The lowest BCUT2D eigenvalue weighted by molar-refractivity contribution is -0.158. The fourth-order valence-corrected chi connectivity index (χ4v) is 1.66. The van der Waals surface area contributed by atoms with Gasteiger partial charge in [-0.1, -0.05) is 0 Å². The number of esters is 1. The van der Waals surface area contributed by atoms with Gasteiger partial charge < -0.3 is 14.4 Å². The standard InChI is InChI=1S/C10H13N3O4/c1-16-10(15)8-6-13(2-3-17-8)9(14)7-4-11-12-5-7/h4-5,8H,2-3,6H2,1H3,(H,11,12). The van der Waals surface area contributed by atoms with E-state index in [0.29, 0.717) is 18.7 Å². The number of carbonyl (C=O) groups excluding carboxylic acids is 2. The van der Waals surface area contributed by atoms with Crippen LogP contribution in [0.2, 0.25) is 0 Å². The van der Waals surface area contributed by atoms with Crippen LogP contribution in [0.4, 0.5) is 0 Å². The Morgan fingerprint density at radius 1 is 1.65 bits per heavy atom. The fraction of sp³-hybridized carbons (Fsp3) is 0.500. The molecule has 17 heavy (non-hydrogen) atoms. The third-order valence-corrected chi connectivity index (χ3v) is 2.56. The van der Waals surface area contributed by atoms with Crippen LogP contribution >= 0.6 is 0 Å². The van der Waals surface area contributed by atoms with Crippen molar-refractivity contribution in [1.29, 1.82) is 0 Å². The molecule has 1 fully saturated rings. The molecule has 1 aromatic rings. The summed E-state index contributed by atoms with van der Waals surface area (Å²) in [6.07, 6.45) is 2.26. The zero-order chi connectivity index (χ0) is 12.3. The van der Waals surface area contributed by atoms with Gasteiger partial charge in [0.1, 0.15) is 0 Å². The monoisotopic (exact) mass is 239 g/mol. The first kappa shape index (κ1) is 11.6. The molecule has 1 N–H and O–H groups in total.